The largest absolute Gasteiger partial charge is 0.466 e. The summed E-state index contributed by atoms with van der Waals surface area (Å²) in [6, 6.07) is 3.91. The van der Waals surface area contributed by atoms with Crippen LogP contribution in [0.2, 0.25) is 0 Å². The second-order valence-electron chi connectivity index (χ2n) is 3.61. The van der Waals surface area contributed by atoms with Gasteiger partial charge in [0.05, 0.1) is 12.4 Å². The molecule has 0 saturated carbocycles. The highest BCUT2D eigenvalue weighted by atomic mass is 16.6. The van der Waals surface area contributed by atoms with E-state index >= 15 is 0 Å². The molecule has 2 heterocycles. The van der Waals surface area contributed by atoms with Crippen LogP contribution >= 0.6 is 0 Å². The quantitative estimate of drug-likeness (QED) is 0.513. The molecule has 1 aromatic rings. The number of hydrogen-bond acceptors (Lipinski definition) is 2. The molecule has 2 rings (SSSR count). The van der Waals surface area contributed by atoms with Crippen LogP contribution in [0.4, 0.5) is 0 Å². The molecule has 1 aliphatic rings. The van der Waals surface area contributed by atoms with Crippen molar-refractivity contribution in [1.29, 1.82) is 0 Å². The molecule has 0 spiro atoms. The minimum atomic E-state index is 0.256. The van der Waals surface area contributed by atoms with Gasteiger partial charge in [0.15, 0.2) is 0 Å². The van der Waals surface area contributed by atoms with Crippen LogP contribution in [0, 0.1) is 0 Å². The third kappa shape index (κ3) is 2.13. The summed E-state index contributed by atoms with van der Waals surface area (Å²) in [5.41, 5.74) is 0. The van der Waals surface area contributed by atoms with Crippen molar-refractivity contribution in [3.8, 4) is 0 Å². The summed E-state index contributed by atoms with van der Waals surface area (Å²) in [5, 5.41) is 0. The van der Waals surface area contributed by atoms with Gasteiger partial charge in [-0.25, -0.2) is 0 Å². The molecule has 0 N–H and O–H groups in total. The molecule has 0 amide bonds. The van der Waals surface area contributed by atoms with Crippen molar-refractivity contribution in [2.75, 3.05) is 0 Å². The average Bonchev–Trinajstić information content (AvgIpc) is 2.72. The van der Waals surface area contributed by atoms with Crippen molar-refractivity contribution in [3.63, 3.8) is 0 Å². The Balaban J connectivity index is 1.71. The van der Waals surface area contributed by atoms with E-state index in [4.69, 9.17) is 9.15 Å². The van der Waals surface area contributed by atoms with E-state index in [-0.39, 0.29) is 6.10 Å². The maximum Gasteiger partial charge on any atom is 0.142 e. The molecule has 0 aliphatic carbocycles. The minimum Gasteiger partial charge on any atom is -0.466 e. The number of rotatable bonds is 5. The van der Waals surface area contributed by atoms with Crippen LogP contribution in [0.25, 0.3) is 0 Å². The van der Waals surface area contributed by atoms with Gasteiger partial charge in [0.1, 0.15) is 11.9 Å². The van der Waals surface area contributed by atoms with Gasteiger partial charge >= 0.3 is 0 Å². The van der Waals surface area contributed by atoms with Gasteiger partial charge in [-0.1, -0.05) is 26.2 Å². The number of hydrogen-bond donors (Lipinski definition) is 0. The lowest BCUT2D eigenvalue weighted by molar-refractivity contribution is 0.339. The molecule has 0 unspecified atom stereocenters. The highest BCUT2D eigenvalue weighted by Crippen LogP contribution is 2.41. The van der Waals surface area contributed by atoms with Crippen LogP contribution in [0.5, 0.6) is 0 Å². The van der Waals surface area contributed by atoms with Gasteiger partial charge in [-0.15, -0.1) is 0 Å². The molecule has 0 bridgehead atoms. The van der Waals surface area contributed by atoms with E-state index in [2.05, 4.69) is 6.92 Å². The van der Waals surface area contributed by atoms with Crippen LogP contribution in [-0.2, 0) is 4.74 Å². The first kappa shape index (κ1) is 8.82. The molecule has 0 aromatic carbocycles. The van der Waals surface area contributed by atoms with E-state index in [1.807, 2.05) is 12.1 Å². The van der Waals surface area contributed by atoms with Crippen LogP contribution in [0.15, 0.2) is 22.8 Å². The predicted molar refractivity (Wildman–Crippen MR) is 50.5 cm³/mol. The van der Waals surface area contributed by atoms with E-state index in [0.717, 1.165) is 5.76 Å². The summed E-state index contributed by atoms with van der Waals surface area (Å²) in [6.45, 7) is 2.22. The Morgan fingerprint density at radius 1 is 1.38 bits per heavy atom. The lowest BCUT2D eigenvalue weighted by atomic mass is 10.1. The van der Waals surface area contributed by atoms with Gasteiger partial charge in [-0.2, -0.15) is 0 Å². The summed E-state index contributed by atoms with van der Waals surface area (Å²) in [5.74, 6) is 0.987. The molecule has 0 radical (unpaired) electrons. The Kier molecular flexibility index (Phi) is 2.69. The molecule has 1 aromatic heterocycles. The van der Waals surface area contributed by atoms with Crippen molar-refractivity contribution in [2.45, 2.75) is 44.8 Å². The van der Waals surface area contributed by atoms with Crippen molar-refractivity contribution in [2.24, 2.45) is 0 Å². The lowest BCUT2D eigenvalue weighted by Crippen LogP contribution is -1.87. The molecular formula is C11H16O2. The van der Waals surface area contributed by atoms with Crippen LogP contribution in [0.1, 0.15) is 44.5 Å². The number of epoxide rings is 1. The first-order chi connectivity index (χ1) is 6.42. The standard InChI is InChI=1S/C11H16O2/c1-2-3-4-6-10-11(13-10)9-7-5-8-12-9/h5,7-8,10-11H,2-4,6H2,1H3/t10-,11+/m0/s1. The third-order valence-electron chi connectivity index (χ3n) is 2.50. The van der Waals surface area contributed by atoms with E-state index in [9.17, 15) is 0 Å². The second-order valence-corrected chi connectivity index (χ2v) is 3.61. The zero-order valence-corrected chi connectivity index (χ0v) is 8.03. The van der Waals surface area contributed by atoms with Crippen LogP contribution < -0.4 is 0 Å². The zero-order valence-electron chi connectivity index (χ0n) is 8.03. The smallest absolute Gasteiger partial charge is 0.142 e. The van der Waals surface area contributed by atoms with Crippen molar-refractivity contribution in [1.82, 2.24) is 0 Å². The Morgan fingerprint density at radius 2 is 2.31 bits per heavy atom. The average molecular weight is 180 g/mol. The Bertz CT molecular complexity index is 241. The number of furan rings is 1. The molecule has 1 aliphatic heterocycles. The highest BCUT2D eigenvalue weighted by molar-refractivity contribution is 5.09. The van der Waals surface area contributed by atoms with E-state index < -0.39 is 0 Å². The SMILES string of the molecule is CCCCC[C@@H]1O[C@@H]1c1ccco1. The van der Waals surface area contributed by atoms with Crippen LogP contribution in [0.3, 0.4) is 0 Å². The van der Waals surface area contributed by atoms with Gasteiger partial charge in [0.2, 0.25) is 0 Å². The van der Waals surface area contributed by atoms with E-state index in [1.165, 1.54) is 25.7 Å². The normalized spacial score (nSPS) is 26.2. The molecule has 1 fully saturated rings. The van der Waals surface area contributed by atoms with Gasteiger partial charge in [0.25, 0.3) is 0 Å². The van der Waals surface area contributed by atoms with E-state index in [1.54, 1.807) is 6.26 Å². The summed E-state index contributed by atoms with van der Waals surface area (Å²) in [6.07, 6.45) is 7.44. The monoisotopic (exact) mass is 180 g/mol. The molecular weight excluding hydrogens is 164 g/mol. The zero-order chi connectivity index (χ0) is 9.10. The first-order valence-electron chi connectivity index (χ1n) is 5.10. The van der Waals surface area contributed by atoms with Crippen LogP contribution in [-0.4, -0.2) is 6.10 Å². The predicted octanol–water partition coefficient (Wildman–Crippen LogP) is 3.30. The number of unbranched alkanes of at least 4 members (excludes halogenated alkanes) is 2. The molecule has 13 heavy (non-hydrogen) atoms. The summed E-state index contributed by atoms with van der Waals surface area (Å²) in [4.78, 5) is 0. The van der Waals surface area contributed by atoms with Gasteiger partial charge in [0, 0.05) is 0 Å². The lowest BCUT2D eigenvalue weighted by Gasteiger charge is -1.92. The Hall–Kier alpha value is -0.760. The van der Waals surface area contributed by atoms with Gasteiger partial charge in [-0.05, 0) is 18.6 Å². The summed E-state index contributed by atoms with van der Waals surface area (Å²) in [7, 11) is 0. The molecule has 2 nitrogen and oxygen atoms in total. The third-order valence-corrected chi connectivity index (χ3v) is 2.50. The second kappa shape index (κ2) is 3.97. The molecule has 72 valence electrons. The molecule has 2 atom stereocenters. The van der Waals surface area contributed by atoms with Gasteiger partial charge < -0.3 is 9.15 Å². The maximum atomic E-state index is 5.51. The molecule has 1 saturated heterocycles. The minimum absolute atomic E-state index is 0.256. The van der Waals surface area contributed by atoms with Crippen molar-refractivity contribution < 1.29 is 9.15 Å². The topological polar surface area (TPSA) is 25.7 Å². The fourth-order valence-electron chi connectivity index (χ4n) is 1.66. The van der Waals surface area contributed by atoms with Gasteiger partial charge in [-0.3, -0.25) is 0 Å². The Labute approximate surface area is 78.9 Å². The first-order valence-corrected chi connectivity index (χ1v) is 5.10. The Morgan fingerprint density at radius 3 is 3.00 bits per heavy atom. The van der Waals surface area contributed by atoms with Crippen molar-refractivity contribution >= 4 is 0 Å². The fourth-order valence-corrected chi connectivity index (χ4v) is 1.66. The fraction of sp³-hybridized carbons (Fsp3) is 0.636. The summed E-state index contributed by atoms with van der Waals surface area (Å²) < 4.78 is 10.8. The van der Waals surface area contributed by atoms with E-state index in [0.29, 0.717) is 6.10 Å². The summed E-state index contributed by atoms with van der Waals surface area (Å²) >= 11 is 0. The number of ether oxygens (including phenoxy) is 1. The highest BCUT2D eigenvalue weighted by Gasteiger charge is 2.41. The maximum absolute atomic E-state index is 5.51. The molecule has 2 heteroatoms. The van der Waals surface area contributed by atoms with Crippen molar-refractivity contribution in [3.05, 3.63) is 24.2 Å².